The maximum absolute atomic E-state index is 12.4. The molecule has 0 aromatic carbocycles. The zero-order valence-corrected chi connectivity index (χ0v) is 26.1. The molecule has 5 N–H and O–H groups in total. The summed E-state index contributed by atoms with van der Waals surface area (Å²) in [4.78, 5) is 24.7. The van der Waals surface area contributed by atoms with Crippen LogP contribution in [0.4, 0.5) is 0 Å². The Bertz CT molecular complexity index is 966. The van der Waals surface area contributed by atoms with E-state index in [4.69, 9.17) is 4.74 Å². The molecule has 0 radical (unpaired) electrons. The van der Waals surface area contributed by atoms with Gasteiger partial charge < -0.3 is 35.9 Å². The molecular weight excluding hydrogens is 516 g/mol. The van der Waals surface area contributed by atoms with E-state index in [9.17, 15) is 14.7 Å². The maximum Gasteiger partial charge on any atom is 0.305 e. The Morgan fingerprint density at radius 1 is 0.780 bits per heavy atom. The first kappa shape index (κ1) is 30.0. The molecule has 5 heterocycles. The molecule has 6 aliphatic rings. The highest BCUT2D eigenvalue weighted by atomic mass is 16.5. The lowest BCUT2D eigenvalue weighted by Gasteiger charge is -2.32. The normalized spacial score (nSPS) is 54.4. The molecule has 0 amide bonds. The van der Waals surface area contributed by atoms with Gasteiger partial charge in [-0.15, -0.1) is 0 Å². The molecule has 5 saturated heterocycles. The molecule has 6 fully saturated rings. The fourth-order valence-corrected chi connectivity index (χ4v) is 11.2. The van der Waals surface area contributed by atoms with Gasteiger partial charge in [-0.25, -0.2) is 0 Å². The van der Waals surface area contributed by atoms with Crippen molar-refractivity contribution in [1.29, 1.82) is 0 Å². The van der Waals surface area contributed by atoms with Crippen LogP contribution in [-0.4, -0.2) is 78.9 Å². The van der Waals surface area contributed by atoms with Crippen molar-refractivity contribution in [3.05, 3.63) is 0 Å². The number of aliphatic hydroxyl groups excluding tert-OH is 1. The van der Waals surface area contributed by atoms with Crippen LogP contribution >= 0.6 is 0 Å². The van der Waals surface area contributed by atoms with Crippen molar-refractivity contribution in [3.8, 4) is 0 Å². The monoisotopic (exact) mass is 572 g/mol. The second-order valence-electron chi connectivity index (χ2n) is 15.1. The predicted octanol–water partition coefficient (Wildman–Crippen LogP) is 2.48. The van der Waals surface area contributed by atoms with Crippen molar-refractivity contribution >= 4 is 12.3 Å². The van der Waals surface area contributed by atoms with Crippen LogP contribution in [0.2, 0.25) is 0 Å². The SMILES string of the molecule is CCC1C2CC3NC4C(CC(O)C4C3C)C3NC(CC4NC(CC(N2)C1C)C(C=O)C4C)[C@@H](C)[C@@H]3CCC(=O)OC. The van der Waals surface area contributed by atoms with Crippen LogP contribution in [0.3, 0.4) is 0 Å². The highest BCUT2D eigenvalue weighted by Gasteiger charge is 2.58. The molecule has 18 atom stereocenters. The van der Waals surface area contributed by atoms with E-state index in [2.05, 4.69) is 55.9 Å². The topological polar surface area (TPSA) is 112 Å². The number of fused-ring (bicyclic) bond motifs is 8. The van der Waals surface area contributed by atoms with Crippen LogP contribution in [0, 0.1) is 53.3 Å². The Hall–Kier alpha value is -1.06. The van der Waals surface area contributed by atoms with Gasteiger partial charge >= 0.3 is 5.97 Å². The van der Waals surface area contributed by atoms with Gasteiger partial charge in [0.25, 0.3) is 0 Å². The van der Waals surface area contributed by atoms with Crippen molar-refractivity contribution in [2.45, 2.75) is 134 Å². The van der Waals surface area contributed by atoms with Crippen LogP contribution in [0.15, 0.2) is 0 Å². The van der Waals surface area contributed by atoms with E-state index in [0.717, 1.165) is 38.5 Å². The van der Waals surface area contributed by atoms with E-state index in [1.165, 1.54) is 13.4 Å². The second kappa shape index (κ2) is 11.8. The van der Waals surface area contributed by atoms with E-state index in [1.54, 1.807) is 0 Å². The number of esters is 1. The molecule has 0 aromatic rings. The van der Waals surface area contributed by atoms with Crippen LogP contribution in [0.1, 0.15) is 79.6 Å². The van der Waals surface area contributed by atoms with Gasteiger partial charge in [0.2, 0.25) is 0 Å². The number of hydrogen-bond acceptors (Lipinski definition) is 8. The Morgan fingerprint density at radius 2 is 1.37 bits per heavy atom. The summed E-state index contributed by atoms with van der Waals surface area (Å²) >= 11 is 0. The standard InChI is InChI=1S/C33H56N4O4/c1-7-19-15(2)24-12-28-22(14-38)17(4)23(35-28)11-25-16(3)20(8-9-30(40)41-6)32(36-25)21-10-29(39)31-18(5)26(37-33(21)31)13-27(19)34-24/h14-29,31-37,39H,7-13H2,1-6H3/t15?,16-,17?,18?,19?,20-,21?,22?,23?,24?,25?,26?,27?,28?,29?,31?,32?,33?/m0/s1. The summed E-state index contributed by atoms with van der Waals surface area (Å²) in [6.07, 6.45) is 7.23. The first-order valence-electron chi connectivity index (χ1n) is 16.9. The van der Waals surface area contributed by atoms with E-state index in [0.29, 0.717) is 78.1 Å². The number of aliphatic hydroxyl groups is 1. The molecule has 1 aliphatic carbocycles. The summed E-state index contributed by atoms with van der Waals surface area (Å²) in [6, 6.07) is 2.60. The van der Waals surface area contributed by atoms with Gasteiger partial charge in [0, 0.05) is 66.6 Å². The fourth-order valence-electron chi connectivity index (χ4n) is 11.2. The molecule has 0 aromatic heterocycles. The maximum atomic E-state index is 12.4. The summed E-state index contributed by atoms with van der Waals surface area (Å²) in [7, 11) is 1.48. The average Bonchev–Trinajstić information content (AvgIpc) is 3.70. The molecule has 0 spiro atoms. The fraction of sp³-hybridized carbons (Fsp3) is 0.939. The summed E-state index contributed by atoms with van der Waals surface area (Å²) in [6.45, 7) is 11.7. The second-order valence-corrected chi connectivity index (χ2v) is 15.1. The molecule has 1 saturated carbocycles. The molecule has 8 heteroatoms. The zero-order valence-electron chi connectivity index (χ0n) is 26.1. The highest BCUT2D eigenvalue weighted by molar-refractivity contribution is 5.69. The number of ether oxygens (including phenoxy) is 1. The molecule has 41 heavy (non-hydrogen) atoms. The predicted molar refractivity (Wildman–Crippen MR) is 159 cm³/mol. The molecule has 6 rings (SSSR count). The number of carbonyl (C=O) groups excluding carboxylic acids is 2. The van der Waals surface area contributed by atoms with Crippen molar-refractivity contribution in [2.75, 3.05) is 7.11 Å². The van der Waals surface area contributed by atoms with Gasteiger partial charge in [-0.1, -0.05) is 41.0 Å². The summed E-state index contributed by atoms with van der Waals surface area (Å²) in [5.74, 6) is 3.17. The lowest BCUT2D eigenvalue weighted by atomic mass is 9.76. The third-order valence-electron chi connectivity index (χ3n) is 13.6. The minimum Gasteiger partial charge on any atom is -0.469 e. The average molecular weight is 573 g/mol. The third kappa shape index (κ3) is 5.11. The van der Waals surface area contributed by atoms with E-state index in [1.807, 2.05) is 0 Å². The first-order chi connectivity index (χ1) is 19.7. The summed E-state index contributed by atoms with van der Waals surface area (Å²) in [5.41, 5.74) is 0. The molecule has 8 nitrogen and oxygen atoms in total. The number of carbonyl (C=O) groups is 2. The largest absolute Gasteiger partial charge is 0.469 e. The van der Waals surface area contributed by atoms with Crippen LogP contribution in [0.25, 0.3) is 0 Å². The molecule has 5 aliphatic heterocycles. The number of methoxy groups -OCH3 is 1. The Morgan fingerprint density at radius 3 is 2.07 bits per heavy atom. The van der Waals surface area contributed by atoms with Crippen molar-refractivity contribution in [3.63, 3.8) is 0 Å². The Balaban J connectivity index is 1.34. The van der Waals surface area contributed by atoms with Crippen LogP contribution in [-0.2, 0) is 14.3 Å². The summed E-state index contributed by atoms with van der Waals surface area (Å²) in [5, 5.41) is 27.7. The highest BCUT2D eigenvalue weighted by Crippen LogP contribution is 2.50. The number of aldehydes is 1. The van der Waals surface area contributed by atoms with Gasteiger partial charge in [-0.05, 0) is 73.5 Å². The van der Waals surface area contributed by atoms with Crippen LogP contribution in [0.5, 0.6) is 0 Å². The van der Waals surface area contributed by atoms with Gasteiger partial charge in [0.1, 0.15) is 6.29 Å². The van der Waals surface area contributed by atoms with Gasteiger partial charge in [-0.2, -0.15) is 0 Å². The molecular formula is C33H56N4O4. The first-order valence-corrected chi connectivity index (χ1v) is 16.9. The third-order valence-corrected chi connectivity index (χ3v) is 13.6. The Labute approximate surface area is 247 Å². The van der Waals surface area contributed by atoms with E-state index >= 15 is 0 Å². The summed E-state index contributed by atoms with van der Waals surface area (Å²) < 4.78 is 5.04. The Kier molecular flexibility index (Phi) is 8.63. The van der Waals surface area contributed by atoms with Gasteiger partial charge in [0.15, 0.2) is 0 Å². The van der Waals surface area contributed by atoms with E-state index < -0.39 is 0 Å². The molecule has 232 valence electrons. The van der Waals surface area contributed by atoms with Gasteiger partial charge in [-0.3, -0.25) is 4.79 Å². The molecule has 16 unspecified atom stereocenters. The smallest absolute Gasteiger partial charge is 0.305 e. The zero-order chi connectivity index (χ0) is 29.2. The van der Waals surface area contributed by atoms with Crippen molar-refractivity contribution in [2.24, 2.45) is 53.3 Å². The number of hydrogen-bond donors (Lipinski definition) is 5. The van der Waals surface area contributed by atoms with E-state index in [-0.39, 0.29) is 42.0 Å². The number of nitrogens with one attached hydrogen (secondary N) is 4. The molecule has 8 bridgehead atoms. The minimum atomic E-state index is -0.287. The lowest BCUT2D eigenvalue weighted by molar-refractivity contribution is -0.141. The lowest BCUT2D eigenvalue weighted by Crippen LogP contribution is -2.48. The minimum absolute atomic E-state index is 0.0369. The van der Waals surface area contributed by atoms with Crippen molar-refractivity contribution < 1.29 is 19.4 Å². The quantitative estimate of drug-likeness (QED) is 0.253. The van der Waals surface area contributed by atoms with Crippen LogP contribution < -0.4 is 21.3 Å². The van der Waals surface area contributed by atoms with Crippen molar-refractivity contribution in [1.82, 2.24) is 21.3 Å². The van der Waals surface area contributed by atoms with Gasteiger partial charge in [0.05, 0.1) is 13.2 Å². The number of rotatable bonds is 5.